The number of rotatable bonds is 5. The molecule has 4 nitrogen and oxygen atoms in total. The van der Waals surface area contributed by atoms with Crippen LogP contribution in [-0.4, -0.2) is 22.2 Å². The molecule has 1 N–H and O–H groups in total. The van der Waals surface area contributed by atoms with Crippen LogP contribution in [0.5, 0.6) is 5.75 Å². The first-order valence-electron chi connectivity index (χ1n) is 6.51. The summed E-state index contributed by atoms with van der Waals surface area (Å²) < 4.78 is 5.58. The highest BCUT2D eigenvalue weighted by atomic mass is 32.1. The fraction of sp³-hybridized carbons (Fsp3) is 0.333. The minimum Gasteiger partial charge on any atom is -0.491 e. The molecule has 0 saturated heterocycles. The molecule has 0 aliphatic heterocycles. The molecule has 2 aromatic rings. The highest BCUT2D eigenvalue weighted by Gasteiger charge is 2.16. The smallest absolute Gasteiger partial charge is 0.355 e. The Balaban J connectivity index is 2.29. The average Bonchev–Trinajstić information content (AvgIpc) is 2.83. The molecule has 5 heteroatoms. The summed E-state index contributed by atoms with van der Waals surface area (Å²) in [6.07, 6.45) is 0.805. The van der Waals surface area contributed by atoms with Crippen LogP contribution >= 0.6 is 11.3 Å². The van der Waals surface area contributed by atoms with E-state index < -0.39 is 5.97 Å². The van der Waals surface area contributed by atoms with E-state index in [1.165, 1.54) is 11.3 Å². The molecule has 2 rings (SSSR count). The molecule has 0 unspecified atom stereocenters. The molecule has 1 aromatic carbocycles. The minimum atomic E-state index is -0.968. The van der Waals surface area contributed by atoms with Gasteiger partial charge >= 0.3 is 5.97 Å². The monoisotopic (exact) mass is 291 g/mol. The largest absolute Gasteiger partial charge is 0.491 e. The molecule has 1 aromatic heterocycles. The third-order valence-electron chi connectivity index (χ3n) is 2.69. The maximum atomic E-state index is 11.1. The molecule has 0 aliphatic carbocycles. The van der Waals surface area contributed by atoms with Gasteiger partial charge in [0.2, 0.25) is 0 Å². The van der Waals surface area contributed by atoms with Crippen LogP contribution in [0.15, 0.2) is 24.3 Å². The second-order valence-corrected chi connectivity index (χ2v) is 5.72. The van der Waals surface area contributed by atoms with Crippen LogP contribution in [0.3, 0.4) is 0 Å². The maximum Gasteiger partial charge on any atom is 0.355 e. The molecule has 20 heavy (non-hydrogen) atoms. The lowest BCUT2D eigenvalue weighted by atomic mass is 10.2. The molecular formula is C15H17NO3S. The van der Waals surface area contributed by atoms with E-state index in [0.29, 0.717) is 6.42 Å². The number of carboxylic acid groups (broad SMARTS) is 1. The van der Waals surface area contributed by atoms with Crippen molar-refractivity contribution in [1.82, 2.24) is 4.98 Å². The van der Waals surface area contributed by atoms with Gasteiger partial charge in [-0.05, 0) is 44.5 Å². The summed E-state index contributed by atoms with van der Waals surface area (Å²) in [5.74, 6) is -0.168. The van der Waals surface area contributed by atoms with Gasteiger partial charge in [-0.15, -0.1) is 11.3 Å². The normalized spacial score (nSPS) is 10.8. The number of hydrogen-bond acceptors (Lipinski definition) is 4. The predicted octanol–water partition coefficient (Wildman–Crippen LogP) is 3.86. The fourth-order valence-corrected chi connectivity index (χ4v) is 2.83. The maximum absolute atomic E-state index is 11.1. The van der Waals surface area contributed by atoms with Gasteiger partial charge in [0.15, 0.2) is 5.69 Å². The lowest BCUT2D eigenvalue weighted by Gasteiger charge is -2.09. The van der Waals surface area contributed by atoms with E-state index in [9.17, 15) is 4.79 Å². The van der Waals surface area contributed by atoms with E-state index in [0.717, 1.165) is 21.2 Å². The number of carbonyl (C=O) groups is 1. The van der Waals surface area contributed by atoms with E-state index in [4.69, 9.17) is 9.84 Å². The Hall–Kier alpha value is -1.88. The summed E-state index contributed by atoms with van der Waals surface area (Å²) in [6, 6.07) is 7.56. The zero-order valence-electron chi connectivity index (χ0n) is 11.7. The molecule has 0 spiro atoms. The third-order valence-corrected chi connectivity index (χ3v) is 3.94. The number of aromatic carboxylic acids is 1. The topological polar surface area (TPSA) is 59.4 Å². The first-order chi connectivity index (χ1) is 9.51. The number of aryl methyl sites for hydroxylation is 1. The van der Waals surface area contributed by atoms with Gasteiger partial charge in [-0.25, -0.2) is 9.78 Å². The fourth-order valence-electron chi connectivity index (χ4n) is 1.83. The van der Waals surface area contributed by atoms with Crippen LogP contribution in [0.1, 0.15) is 36.1 Å². The third kappa shape index (κ3) is 3.17. The van der Waals surface area contributed by atoms with Gasteiger partial charge in [-0.1, -0.05) is 6.92 Å². The summed E-state index contributed by atoms with van der Waals surface area (Å²) in [5, 5.41) is 9.86. The molecule has 0 bridgehead atoms. The number of aromatic nitrogens is 1. The Morgan fingerprint density at radius 3 is 2.45 bits per heavy atom. The summed E-state index contributed by atoms with van der Waals surface area (Å²) in [5.41, 5.74) is 1.07. The molecule has 0 saturated carbocycles. The highest BCUT2D eigenvalue weighted by molar-refractivity contribution is 7.15. The molecule has 0 amide bonds. The van der Waals surface area contributed by atoms with Gasteiger partial charge in [-0.3, -0.25) is 0 Å². The Labute approximate surface area is 122 Å². The van der Waals surface area contributed by atoms with Gasteiger partial charge < -0.3 is 9.84 Å². The van der Waals surface area contributed by atoms with Gasteiger partial charge in [-0.2, -0.15) is 0 Å². The van der Waals surface area contributed by atoms with E-state index in [1.54, 1.807) is 0 Å². The quantitative estimate of drug-likeness (QED) is 0.908. The SMILES string of the molecule is CCc1sc(-c2ccc(OC(C)C)cc2)nc1C(=O)O. The Kier molecular flexibility index (Phi) is 4.39. The number of benzene rings is 1. The van der Waals surface area contributed by atoms with E-state index >= 15 is 0 Å². The number of thiazole rings is 1. The zero-order valence-corrected chi connectivity index (χ0v) is 12.5. The molecule has 0 radical (unpaired) electrons. The second kappa shape index (κ2) is 6.05. The van der Waals surface area contributed by atoms with Crippen LogP contribution in [-0.2, 0) is 6.42 Å². The average molecular weight is 291 g/mol. The minimum absolute atomic E-state index is 0.131. The van der Waals surface area contributed by atoms with Gasteiger partial charge in [0.25, 0.3) is 0 Å². The van der Waals surface area contributed by atoms with Gasteiger partial charge in [0.1, 0.15) is 10.8 Å². The predicted molar refractivity (Wildman–Crippen MR) is 79.7 cm³/mol. The molecule has 1 heterocycles. The standard InChI is InChI=1S/C15H17NO3S/c1-4-12-13(15(17)18)16-14(20-12)10-5-7-11(8-6-10)19-9(2)3/h5-9H,4H2,1-3H3,(H,17,18). The number of ether oxygens (including phenoxy) is 1. The van der Waals surface area contributed by atoms with Crippen molar-refractivity contribution in [2.24, 2.45) is 0 Å². The van der Waals surface area contributed by atoms with E-state index in [2.05, 4.69) is 4.98 Å². The van der Waals surface area contributed by atoms with Crippen molar-refractivity contribution in [1.29, 1.82) is 0 Å². The van der Waals surface area contributed by atoms with Crippen molar-refractivity contribution in [3.63, 3.8) is 0 Å². The Bertz CT molecular complexity index is 602. The molecule has 0 atom stereocenters. The Morgan fingerprint density at radius 2 is 2.00 bits per heavy atom. The lowest BCUT2D eigenvalue weighted by Crippen LogP contribution is -2.05. The molecule has 106 valence electrons. The van der Waals surface area contributed by atoms with Gasteiger partial charge in [0.05, 0.1) is 6.10 Å². The highest BCUT2D eigenvalue weighted by Crippen LogP contribution is 2.30. The Morgan fingerprint density at radius 1 is 1.35 bits per heavy atom. The van der Waals surface area contributed by atoms with E-state index in [-0.39, 0.29) is 11.8 Å². The van der Waals surface area contributed by atoms with Crippen molar-refractivity contribution >= 4 is 17.3 Å². The van der Waals surface area contributed by atoms with E-state index in [1.807, 2.05) is 45.0 Å². The molecular weight excluding hydrogens is 274 g/mol. The van der Waals surface area contributed by atoms with Crippen molar-refractivity contribution in [3.8, 4) is 16.3 Å². The van der Waals surface area contributed by atoms with Crippen LogP contribution in [0.4, 0.5) is 0 Å². The molecule has 0 fully saturated rings. The van der Waals surface area contributed by atoms with Crippen molar-refractivity contribution in [2.75, 3.05) is 0 Å². The summed E-state index contributed by atoms with van der Waals surface area (Å²) in [7, 11) is 0. The summed E-state index contributed by atoms with van der Waals surface area (Å²) in [6.45, 7) is 5.88. The summed E-state index contributed by atoms with van der Waals surface area (Å²) in [4.78, 5) is 16.1. The van der Waals surface area contributed by atoms with Crippen molar-refractivity contribution in [3.05, 3.63) is 34.8 Å². The number of nitrogens with zero attached hydrogens (tertiary/aromatic N) is 1. The zero-order chi connectivity index (χ0) is 14.7. The first kappa shape index (κ1) is 14.5. The van der Waals surface area contributed by atoms with Crippen LogP contribution in [0.2, 0.25) is 0 Å². The van der Waals surface area contributed by atoms with Gasteiger partial charge in [0, 0.05) is 10.4 Å². The van der Waals surface area contributed by atoms with Crippen molar-refractivity contribution in [2.45, 2.75) is 33.3 Å². The van der Waals surface area contributed by atoms with Crippen LogP contribution in [0, 0.1) is 0 Å². The van der Waals surface area contributed by atoms with Crippen LogP contribution < -0.4 is 4.74 Å². The lowest BCUT2D eigenvalue weighted by molar-refractivity contribution is 0.0690. The summed E-state index contributed by atoms with van der Waals surface area (Å²) >= 11 is 1.43. The molecule has 0 aliphatic rings. The van der Waals surface area contributed by atoms with Crippen molar-refractivity contribution < 1.29 is 14.6 Å². The second-order valence-electron chi connectivity index (χ2n) is 4.64. The first-order valence-corrected chi connectivity index (χ1v) is 7.33. The number of hydrogen-bond donors (Lipinski definition) is 1. The van der Waals surface area contributed by atoms with Crippen LogP contribution in [0.25, 0.3) is 10.6 Å². The number of carboxylic acids is 1.